The molecule has 1 rings (SSSR count). The molecule has 1 aromatic carbocycles. The molecule has 1 N–H and O–H groups in total. The van der Waals surface area contributed by atoms with E-state index in [-0.39, 0.29) is 0 Å². The summed E-state index contributed by atoms with van der Waals surface area (Å²) >= 11 is 0. The fraction of sp³-hybridized carbons (Fsp3) is 0.400. The second-order valence-corrected chi connectivity index (χ2v) is 2.90. The zero-order chi connectivity index (χ0) is 9.84. The van der Waals surface area contributed by atoms with Crippen molar-refractivity contribution in [2.24, 2.45) is 0 Å². The van der Waals surface area contributed by atoms with E-state index in [9.17, 15) is 9.50 Å². The van der Waals surface area contributed by atoms with E-state index in [4.69, 9.17) is 4.74 Å². The SMILES string of the molecule is COc1cc(C(O)CF)ccc1C. The number of aliphatic hydroxyl groups is 1. The molecular weight excluding hydrogens is 171 g/mol. The molecular formula is C10H13FO2. The van der Waals surface area contributed by atoms with Gasteiger partial charge in [0.1, 0.15) is 18.5 Å². The number of rotatable bonds is 3. The van der Waals surface area contributed by atoms with E-state index in [1.165, 1.54) is 0 Å². The average molecular weight is 184 g/mol. The zero-order valence-corrected chi connectivity index (χ0v) is 7.75. The van der Waals surface area contributed by atoms with Crippen LogP contribution in [0.25, 0.3) is 0 Å². The smallest absolute Gasteiger partial charge is 0.122 e. The third kappa shape index (κ3) is 2.18. The van der Waals surface area contributed by atoms with Crippen molar-refractivity contribution in [3.05, 3.63) is 29.3 Å². The lowest BCUT2D eigenvalue weighted by atomic mass is 10.1. The minimum atomic E-state index is -1.05. The number of aryl methyl sites for hydroxylation is 1. The number of methoxy groups -OCH3 is 1. The van der Waals surface area contributed by atoms with Crippen molar-refractivity contribution in [2.75, 3.05) is 13.8 Å². The maximum absolute atomic E-state index is 12.1. The lowest BCUT2D eigenvalue weighted by Crippen LogP contribution is -2.00. The maximum atomic E-state index is 12.1. The Bertz CT molecular complexity index is 286. The first kappa shape index (κ1) is 9.99. The molecule has 0 saturated carbocycles. The highest BCUT2D eigenvalue weighted by atomic mass is 19.1. The molecule has 0 spiro atoms. The normalized spacial score (nSPS) is 12.6. The summed E-state index contributed by atoms with van der Waals surface area (Å²) in [7, 11) is 1.55. The first-order valence-corrected chi connectivity index (χ1v) is 4.07. The van der Waals surface area contributed by atoms with Gasteiger partial charge in [0.25, 0.3) is 0 Å². The van der Waals surface area contributed by atoms with E-state index >= 15 is 0 Å². The van der Waals surface area contributed by atoms with Crippen LogP contribution < -0.4 is 4.74 Å². The molecule has 13 heavy (non-hydrogen) atoms. The Morgan fingerprint density at radius 3 is 2.77 bits per heavy atom. The first-order valence-electron chi connectivity index (χ1n) is 4.07. The number of hydrogen-bond acceptors (Lipinski definition) is 2. The van der Waals surface area contributed by atoms with Crippen LogP contribution in [-0.4, -0.2) is 18.9 Å². The van der Waals surface area contributed by atoms with Gasteiger partial charge < -0.3 is 9.84 Å². The molecule has 1 unspecified atom stereocenters. The summed E-state index contributed by atoms with van der Waals surface area (Å²) in [6.45, 7) is 1.12. The Morgan fingerprint density at radius 2 is 2.23 bits per heavy atom. The predicted octanol–water partition coefficient (Wildman–Crippen LogP) is 2.01. The van der Waals surface area contributed by atoms with Crippen molar-refractivity contribution in [3.63, 3.8) is 0 Å². The van der Waals surface area contributed by atoms with Gasteiger partial charge in [-0.3, -0.25) is 0 Å². The molecule has 0 aliphatic heterocycles. The van der Waals surface area contributed by atoms with E-state index in [1.54, 1.807) is 25.3 Å². The van der Waals surface area contributed by atoms with Gasteiger partial charge in [-0.2, -0.15) is 0 Å². The van der Waals surface area contributed by atoms with Crippen LogP contribution in [0.3, 0.4) is 0 Å². The van der Waals surface area contributed by atoms with E-state index in [2.05, 4.69) is 0 Å². The molecule has 0 amide bonds. The van der Waals surface area contributed by atoms with Crippen molar-refractivity contribution < 1.29 is 14.2 Å². The summed E-state index contributed by atoms with van der Waals surface area (Å²) in [6, 6.07) is 5.15. The molecule has 0 bridgehead atoms. The predicted molar refractivity (Wildman–Crippen MR) is 48.7 cm³/mol. The Kier molecular flexibility index (Phi) is 3.25. The molecule has 0 aromatic heterocycles. The number of ether oxygens (including phenoxy) is 1. The summed E-state index contributed by atoms with van der Waals surface area (Å²) in [5.41, 5.74) is 1.52. The summed E-state index contributed by atoms with van der Waals surface area (Å²) in [4.78, 5) is 0. The van der Waals surface area contributed by atoms with Gasteiger partial charge >= 0.3 is 0 Å². The van der Waals surface area contributed by atoms with Gasteiger partial charge in [0.15, 0.2) is 0 Å². The molecule has 0 radical (unpaired) electrons. The number of hydrogen-bond donors (Lipinski definition) is 1. The average Bonchev–Trinajstić information content (AvgIpc) is 2.17. The van der Waals surface area contributed by atoms with Crippen molar-refractivity contribution >= 4 is 0 Å². The summed E-state index contributed by atoms with van der Waals surface area (Å²) in [5.74, 6) is 0.671. The molecule has 0 aliphatic carbocycles. The van der Waals surface area contributed by atoms with Gasteiger partial charge in [0, 0.05) is 0 Å². The Labute approximate surface area is 77.0 Å². The highest BCUT2D eigenvalue weighted by molar-refractivity contribution is 5.37. The molecule has 0 saturated heterocycles. The molecule has 0 aliphatic rings. The Hall–Kier alpha value is -1.09. The Morgan fingerprint density at radius 1 is 1.54 bits per heavy atom. The Balaban J connectivity index is 2.99. The van der Waals surface area contributed by atoms with Crippen LogP contribution in [0.1, 0.15) is 17.2 Å². The minimum Gasteiger partial charge on any atom is -0.496 e. The van der Waals surface area contributed by atoms with Crippen LogP contribution >= 0.6 is 0 Å². The molecule has 3 heteroatoms. The van der Waals surface area contributed by atoms with Gasteiger partial charge in [-0.15, -0.1) is 0 Å². The topological polar surface area (TPSA) is 29.5 Å². The third-order valence-corrected chi connectivity index (χ3v) is 1.96. The standard InChI is InChI=1S/C10H13FO2/c1-7-3-4-8(9(12)6-11)5-10(7)13-2/h3-5,9,12H,6H2,1-2H3. The van der Waals surface area contributed by atoms with Gasteiger partial charge in [-0.05, 0) is 24.1 Å². The highest BCUT2D eigenvalue weighted by Crippen LogP contribution is 2.23. The van der Waals surface area contributed by atoms with Crippen molar-refractivity contribution in [1.29, 1.82) is 0 Å². The summed E-state index contributed by atoms with van der Waals surface area (Å²) in [6.07, 6.45) is -1.05. The highest BCUT2D eigenvalue weighted by Gasteiger charge is 2.08. The molecule has 1 atom stereocenters. The van der Waals surface area contributed by atoms with E-state index in [1.807, 2.05) is 6.92 Å². The van der Waals surface area contributed by atoms with Gasteiger partial charge in [0.2, 0.25) is 0 Å². The minimum absolute atomic E-state index is 0.546. The van der Waals surface area contributed by atoms with Crippen molar-refractivity contribution in [3.8, 4) is 5.75 Å². The molecule has 0 fully saturated rings. The van der Waals surface area contributed by atoms with Gasteiger partial charge in [-0.25, -0.2) is 4.39 Å². The molecule has 0 heterocycles. The summed E-state index contributed by atoms with van der Waals surface area (Å²) in [5, 5.41) is 9.21. The summed E-state index contributed by atoms with van der Waals surface area (Å²) < 4.78 is 17.2. The zero-order valence-electron chi connectivity index (χ0n) is 7.75. The second-order valence-electron chi connectivity index (χ2n) is 2.90. The number of aliphatic hydroxyl groups excluding tert-OH is 1. The van der Waals surface area contributed by atoms with Crippen LogP contribution in [0.2, 0.25) is 0 Å². The van der Waals surface area contributed by atoms with Crippen LogP contribution in [0.15, 0.2) is 18.2 Å². The van der Waals surface area contributed by atoms with Crippen molar-refractivity contribution in [2.45, 2.75) is 13.0 Å². The van der Waals surface area contributed by atoms with E-state index < -0.39 is 12.8 Å². The molecule has 72 valence electrons. The van der Waals surface area contributed by atoms with Crippen LogP contribution in [0, 0.1) is 6.92 Å². The van der Waals surface area contributed by atoms with Gasteiger partial charge in [-0.1, -0.05) is 12.1 Å². The van der Waals surface area contributed by atoms with Crippen LogP contribution in [0.5, 0.6) is 5.75 Å². The molecule has 2 nitrogen and oxygen atoms in total. The quantitative estimate of drug-likeness (QED) is 0.778. The number of halogens is 1. The van der Waals surface area contributed by atoms with E-state index in [0.717, 1.165) is 5.56 Å². The van der Waals surface area contributed by atoms with E-state index in [0.29, 0.717) is 11.3 Å². The second kappa shape index (κ2) is 4.23. The number of benzene rings is 1. The number of alkyl halides is 1. The first-order chi connectivity index (χ1) is 6.19. The monoisotopic (exact) mass is 184 g/mol. The fourth-order valence-corrected chi connectivity index (χ4v) is 1.13. The third-order valence-electron chi connectivity index (χ3n) is 1.96. The van der Waals surface area contributed by atoms with Crippen LogP contribution in [0.4, 0.5) is 4.39 Å². The van der Waals surface area contributed by atoms with Crippen molar-refractivity contribution in [1.82, 2.24) is 0 Å². The van der Waals surface area contributed by atoms with Gasteiger partial charge in [0.05, 0.1) is 7.11 Å². The maximum Gasteiger partial charge on any atom is 0.122 e. The van der Waals surface area contributed by atoms with Crippen LogP contribution in [-0.2, 0) is 0 Å². The fourth-order valence-electron chi connectivity index (χ4n) is 1.13. The lowest BCUT2D eigenvalue weighted by molar-refractivity contribution is 0.141. The largest absolute Gasteiger partial charge is 0.496 e. The molecule has 1 aromatic rings. The lowest BCUT2D eigenvalue weighted by Gasteiger charge is -2.10.